The van der Waals surface area contributed by atoms with Crippen molar-refractivity contribution >= 4 is 24.2 Å². The van der Waals surface area contributed by atoms with Crippen molar-refractivity contribution in [3.8, 4) is 0 Å². The van der Waals surface area contributed by atoms with Crippen LogP contribution >= 0.6 is 0 Å². The highest BCUT2D eigenvalue weighted by atomic mass is 16.8. The summed E-state index contributed by atoms with van der Waals surface area (Å²) in [6.07, 6.45) is -2.86. The van der Waals surface area contributed by atoms with Crippen LogP contribution in [0.25, 0.3) is 0 Å². The molecule has 0 saturated carbocycles. The van der Waals surface area contributed by atoms with Crippen molar-refractivity contribution in [3.63, 3.8) is 0 Å². The predicted octanol–water partition coefficient (Wildman–Crippen LogP) is 1.07. The molecule has 1 aromatic rings. The van der Waals surface area contributed by atoms with Crippen molar-refractivity contribution in [1.82, 2.24) is 0 Å². The molecule has 138 valence electrons. The van der Waals surface area contributed by atoms with Crippen molar-refractivity contribution in [3.05, 3.63) is 35.4 Å². The molecule has 0 aliphatic carbocycles. The van der Waals surface area contributed by atoms with Gasteiger partial charge >= 0.3 is 24.2 Å². The SMILES string of the molecule is O=C1OCC(COC(=O)c2ccc(C(=O)OCC3COC(=O)O3)cc2)O1. The molecule has 0 spiro atoms. The molecular formula is C16H14O10. The van der Waals surface area contributed by atoms with E-state index in [0.717, 1.165) is 0 Å². The molecular weight excluding hydrogens is 352 g/mol. The summed E-state index contributed by atoms with van der Waals surface area (Å²) in [5.74, 6) is -1.27. The number of carbonyl (C=O) groups excluding carboxylic acids is 4. The van der Waals surface area contributed by atoms with Crippen molar-refractivity contribution in [2.75, 3.05) is 26.4 Å². The van der Waals surface area contributed by atoms with E-state index < -0.39 is 36.5 Å². The van der Waals surface area contributed by atoms with E-state index in [1.807, 2.05) is 0 Å². The third-order valence-electron chi connectivity index (χ3n) is 3.46. The van der Waals surface area contributed by atoms with Gasteiger partial charge in [-0.05, 0) is 24.3 Å². The Kier molecular flexibility index (Phi) is 5.20. The van der Waals surface area contributed by atoms with E-state index in [1.54, 1.807) is 0 Å². The number of hydrogen-bond donors (Lipinski definition) is 0. The number of rotatable bonds is 6. The summed E-state index contributed by atoms with van der Waals surface area (Å²) < 4.78 is 28.6. The van der Waals surface area contributed by atoms with E-state index in [9.17, 15) is 19.2 Å². The van der Waals surface area contributed by atoms with Crippen molar-refractivity contribution in [2.24, 2.45) is 0 Å². The fourth-order valence-corrected chi connectivity index (χ4v) is 2.14. The normalized spacial score (nSPS) is 21.2. The lowest BCUT2D eigenvalue weighted by atomic mass is 10.1. The summed E-state index contributed by atoms with van der Waals surface area (Å²) in [5.41, 5.74) is 0.426. The fourth-order valence-electron chi connectivity index (χ4n) is 2.14. The minimum absolute atomic E-state index is 0.0260. The van der Waals surface area contributed by atoms with Crippen LogP contribution in [0, 0.1) is 0 Å². The van der Waals surface area contributed by atoms with E-state index in [1.165, 1.54) is 24.3 Å². The molecule has 10 heteroatoms. The first-order valence-corrected chi connectivity index (χ1v) is 7.62. The molecule has 0 amide bonds. The van der Waals surface area contributed by atoms with Crippen LogP contribution in [0.4, 0.5) is 9.59 Å². The molecule has 2 saturated heterocycles. The minimum atomic E-state index is -0.798. The Morgan fingerprint density at radius 3 is 1.50 bits per heavy atom. The molecule has 2 aliphatic rings. The molecule has 2 atom stereocenters. The number of carbonyl (C=O) groups is 4. The predicted molar refractivity (Wildman–Crippen MR) is 79.4 cm³/mol. The number of benzene rings is 1. The third kappa shape index (κ3) is 4.41. The van der Waals surface area contributed by atoms with E-state index in [2.05, 4.69) is 9.47 Å². The van der Waals surface area contributed by atoms with Gasteiger partial charge in [0.05, 0.1) is 11.1 Å². The Bertz CT molecular complexity index is 649. The Morgan fingerprint density at radius 1 is 0.808 bits per heavy atom. The molecule has 1 aromatic carbocycles. The summed E-state index contributed by atoms with van der Waals surface area (Å²) in [5, 5.41) is 0. The maximum absolute atomic E-state index is 11.9. The van der Waals surface area contributed by atoms with Crippen LogP contribution in [0.15, 0.2) is 24.3 Å². The lowest BCUT2D eigenvalue weighted by Gasteiger charge is -2.09. The summed E-state index contributed by atoms with van der Waals surface area (Å²) in [4.78, 5) is 45.4. The quantitative estimate of drug-likeness (QED) is 0.533. The van der Waals surface area contributed by atoms with Gasteiger partial charge in [0.15, 0.2) is 12.2 Å². The minimum Gasteiger partial charge on any atom is -0.458 e. The van der Waals surface area contributed by atoms with Crippen LogP contribution in [-0.4, -0.2) is 62.9 Å². The van der Waals surface area contributed by atoms with E-state index >= 15 is 0 Å². The monoisotopic (exact) mass is 366 g/mol. The van der Waals surface area contributed by atoms with Crippen LogP contribution in [0.3, 0.4) is 0 Å². The van der Waals surface area contributed by atoms with Gasteiger partial charge in [0, 0.05) is 0 Å². The molecule has 2 heterocycles. The maximum atomic E-state index is 11.9. The van der Waals surface area contributed by atoms with Crippen LogP contribution < -0.4 is 0 Å². The first-order valence-electron chi connectivity index (χ1n) is 7.62. The van der Waals surface area contributed by atoms with Crippen molar-refractivity contribution < 1.29 is 47.6 Å². The van der Waals surface area contributed by atoms with Gasteiger partial charge in [-0.3, -0.25) is 0 Å². The van der Waals surface area contributed by atoms with Gasteiger partial charge in [-0.25, -0.2) is 19.2 Å². The highest BCUT2D eigenvalue weighted by Gasteiger charge is 2.27. The van der Waals surface area contributed by atoms with Crippen molar-refractivity contribution in [1.29, 1.82) is 0 Å². The second-order valence-electron chi connectivity index (χ2n) is 5.38. The van der Waals surface area contributed by atoms with Gasteiger partial charge in [-0.1, -0.05) is 0 Å². The van der Waals surface area contributed by atoms with Crippen LogP contribution in [0.2, 0.25) is 0 Å². The Labute approximate surface area is 146 Å². The second kappa shape index (κ2) is 7.72. The van der Waals surface area contributed by atoms with E-state index in [-0.39, 0.29) is 37.6 Å². The topological polar surface area (TPSA) is 124 Å². The van der Waals surface area contributed by atoms with Gasteiger partial charge < -0.3 is 28.4 Å². The third-order valence-corrected chi connectivity index (χ3v) is 3.46. The van der Waals surface area contributed by atoms with Crippen LogP contribution in [0.5, 0.6) is 0 Å². The zero-order valence-electron chi connectivity index (χ0n) is 13.4. The Hall–Kier alpha value is -3.30. The standard InChI is InChI=1S/C16H14O10/c17-13(21-5-11-7-23-15(19)25-11)9-1-2-10(4-3-9)14(18)22-6-12-8-24-16(20)26-12/h1-4,11-12H,5-8H2. The summed E-state index contributed by atoms with van der Waals surface area (Å²) in [6.45, 7) is -0.205. The zero-order chi connectivity index (χ0) is 18.5. The molecule has 0 radical (unpaired) electrons. The smallest absolute Gasteiger partial charge is 0.458 e. The number of ether oxygens (including phenoxy) is 6. The highest BCUT2D eigenvalue weighted by Crippen LogP contribution is 2.12. The van der Waals surface area contributed by atoms with Crippen LogP contribution in [0.1, 0.15) is 20.7 Å². The zero-order valence-corrected chi connectivity index (χ0v) is 13.4. The molecule has 10 nitrogen and oxygen atoms in total. The maximum Gasteiger partial charge on any atom is 0.508 e. The molecule has 0 bridgehead atoms. The van der Waals surface area contributed by atoms with Crippen molar-refractivity contribution in [2.45, 2.75) is 12.2 Å². The molecule has 2 aliphatic heterocycles. The Morgan fingerprint density at radius 2 is 1.19 bits per heavy atom. The number of esters is 2. The van der Waals surface area contributed by atoms with Gasteiger partial charge in [-0.2, -0.15) is 0 Å². The second-order valence-corrected chi connectivity index (χ2v) is 5.38. The van der Waals surface area contributed by atoms with Gasteiger partial charge in [-0.15, -0.1) is 0 Å². The molecule has 26 heavy (non-hydrogen) atoms. The highest BCUT2D eigenvalue weighted by molar-refractivity contribution is 5.93. The molecule has 3 rings (SSSR count). The largest absolute Gasteiger partial charge is 0.508 e. The summed E-state index contributed by atoms with van der Waals surface area (Å²) in [7, 11) is 0. The number of hydrogen-bond acceptors (Lipinski definition) is 10. The molecule has 0 N–H and O–H groups in total. The van der Waals surface area contributed by atoms with Gasteiger partial charge in [0.2, 0.25) is 0 Å². The summed E-state index contributed by atoms with van der Waals surface area (Å²) in [6, 6.07) is 5.59. The van der Waals surface area contributed by atoms with E-state index in [4.69, 9.17) is 18.9 Å². The van der Waals surface area contributed by atoms with Gasteiger partial charge in [0.25, 0.3) is 0 Å². The van der Waals surface area contributed by atoms with Gasteiger partial charge in [0.1, 0.15) is 26.4 Å². The molecule has 2 unspecified atom stereocenters. The average molecular weight is 366 g/mol. The number of cyclic esters (lactones) is 4. The first-order chi connectivity index (χ1) is 12.5. The lowest BCUT2D eigenvalue weighted by molar-refractivity contribution is 0.0292. The molecule has 0 aromatic heterocycles. The lowest BCUT2D eigenvalue weighted by Crippen LogP contribution is -2.21. The molecule has 2 fully saturated rings. The average Bonchev–Trinajstić information content (AvgIpc) is 3.25. The van der Waals surface area contributed by atoms with Crippen LogP contribution in [-0.2, 0) is 28.4 Å². The van der Waals surface area contributed by atoms with E-state index in [0.29, 0.717) is 0 Å². The fraction of sp³-hybridized carbons (Fsp3) is 0.375. The Balaban J connectivity index is 1.46. The first kappa shape index (κ1) is 17.5. The summed E-state index contributed by atoms with van der Waals surface area (Å²) >= 11 is 0.